The molecule has 1 rings (SSSR count). The van der Waals surface area contributed by atoms with Crippen LogP contribution in [-0.2, 0) is 0 Å². The molecule has 1 unspecified atom stereocenters. The van der Waals surface area contributed by atoms with Gasteiger partial charge in [0, 0.05) is 18.2 Å². The Morgan fingerprint density at radius 1 is 1.43 bits per heavy atom. The number of phenols is 1. The molecule has 0 radical (unpaired) electrons. The van der Waals surface area contributed by atoms with Gasteiger partial charge in [-0.2, -0.15) is 0 Å². The second-order valence-electron chi connectivity index (χ2n) is 3.46. The molecule has 0 amide bonds. The van der Waals surface area contributed by atoms with E-state index in [0.717, 1.165) is 11.1 Å². The van der Waals surface area contributed by atoms with Gasteiger partial charge in [0.05, 0.1) is 6.61 Å². The monoisotopic (exact) mass is 195 g/mol. The molecular formula is C11H17NO2. The summed E-state index contributed by atoms with van der Waals surface area (Å²) in [4.78, 5) is 0. The van der Waals surface area contributed by atoms with Crippen molar-refractivity contribution in [2.24, 2.45) is 0 Å². The van der Waals surface area contributed by atoms with Gasteiger partial charge in [0.15, 0.2) is 0 Å². The second kappa shape index (κ2) is 4.98. The van der Waals surface area contributed by atoms with E-state index < -0.39 is 0 Å². The van der Waals surface area contributed by atoms with Crippen LogP contribution in [-0.4, -0.2) is 23.4 Å². The Balaban J connectivity index is 2.77. The summed E-state index contributed by atoms with van der Waals surface area (Å²) in [5.74, 6) is 0.300. The van der Waals surface area contributed by atoms with Gasteiger partial charge in [-0.05, 0) is 19.9 Å². The van der Waals surface area contributed by atoms with E-state index in [9.17, 15) is 5.11 Å². The molecule has 1 aromatic carbocycles. The van der Waals surface area contributed by atoms with Crippen molar-refractivity contribution in [2.45, 2.75) is 19.9 Å². The van der Waals surface area contributed by atoms with Crippen LogP contribution in [0.2, 0.25) is 0 Å². The summed E-state index contributed by atoms with van der Waals surface area (Å²) in [5, 5.41) is 21.4. The lowest BCUT2D eigenvalue weighted by atomic mass is 10.0. The fourth-order valence-electron chi connectivity index (χ4n) is 1.41. The van der Waals surface area contributed by atoms with Gasteiger partial charge in [-0.1, -0.05) is 17.7 Å². The Kier molecular flexibility index (Phi) is 3.92. The average molecular weight is 195 g/mol. The number of aliphatic hydroxyl groups is 1. The maximum Gasteiger partial charge on any atom is 0.120 e. The van der Waals surface area contributed by atoms with Gasteiger partial charge in [0.2, 0.25) is 0 Å². The van der Waals surface area contributed by atoms with Crippen molar-refractivity contribution < 1.29 is 10.2 Å². The first kappa shape index (κ1) is 11.0. The number of benzene rings is 1. The Morgan fingerprint density at radius 2 is 2.14 bits per heavy atom. The van der Waals surface area contributed by atoms with E-state index in [1.807, 2.05) is 26.0 Å². The molecule has 14 heavy (non-hydrogen) atoms. The SMILES string of the molecule is Cc1ccc(O)c(C(C)NCCO)c1. The molecule has 0 aliphatic heterocycles. The first-order valence-electron chi connectivity index (χ1n) is 4.79. The van der Waals surface area contributed by atoms with Gasteiger partial charge in [-0.15, -0.1) is 0 Å². The molecule has 0 aromatic heterocycles. The molecule has 0 spiro atoms. The first-order chi connectivity index (χ1) is 6.65. The highest BCUT2D eigenvalue weighted by atomic mass is 16.3. The Labute approximate surface area is 84.4 Å². The number of aryl methyl sites for hydroxylation is 1. The summed E-state index contributed by atoms with van der Waals surface area (Å²) >= 11 is 0. The third kappa shape index (κ3) is 2.72. The number of hydrogen-bond acceptors (Lipinski definition) is 3. The highest BCUT2D eigenvalue weighted by Gasteiger charge is 2.08. The first-order valence-corrected chi connectivity index (χ1v) is 4.79. The topological polar surface area (TPSA) is 52.5 Å². The number of aliphatic hydroxyl groups excluding tert-OH is 1. The van der Waals surface area contributed by atoms with E-state index in [4.69, 9.17) is 5.11 Å². The van der Waals surface area contributed by atoms with E-state index in [-0.39, 0.29) is 12.6 Å². The van der Waals surface area contributed by atoms with Crippen LogP contribution in [0.15, 0.2) is 18.2 Å². The minimum Gasteiger partial charge on any atom is -0.508 e. The average Bonchev–Trinajstić information content (AvgIpc) is 2.18. The van der Waals surface area contributed by atoms with E-state index >= 15 is 0 Å². The van der Waals surface area contributed by atoms with Crippen LogP contribution in [0.1, 0.15) is 24.1 Å². The zero-order valence-electron chi connectivity index (χ0n) is 8.62. The summed E-state index contributed by atoms with van der Waals surface area (Å²) in [7, 11) is 0. The quantitative estimate of drug-likeness (QED) is 0.679. The molecule has 0 fully saturated rings. The second-order valence-corrected chi connectivity index (χ2v) is 3.46. The number of rotatable bonds is 4. The molecule has 0 aliphatic rings. The summed E-state index contributed by atoms with van der Waals surface area (Å²) in [5.41, 5.74) is 1.99. The van der Waals surface area contributed by atoms with Gasteiger partial charge in [0.25, 0.3) is 0 Å². The predicted molar refractivity (Wildman–Crippen MR) is 56.3 cm³/mol. The van der Waals surface area contributed by atoms with E-state index in [0.29, 0.717) is 12.3 Å². The number of hydrogen-bond donors (Lipinski definition) is 3. The summed E-state index contributed by atoms with van der Waals surface area (Å²) < 4.78 is 0. The fourth-order valence-corrected chi connectivity index (χ4v) is 1.41. The van der Waals surface area contributed by atoms with Crippen LogP contribution in [0, 0.1) is 6.92 Å². The normalized spacial score (nSPS) is 12.8. The third-order valence-electron chi connectivity index (χ3n) is 2.21. The molecule has 3 nitrogen and oxygen atoms in total. The van der Waals surface area contributed by atoms with E-state index in [2.05, 4.69) is 5.32 Å². The molecule has 1 atom stereocenters. The molecule has 0 bridgehead atoms. The predicted octanol–water partition coefficient (Wildman–Crippen LogP) is 1.34. The van der Waals surface area contributed by atoms with Crippen molar-refractivity contribution in [2.75, 3.05) is 13.2 Å². The molecular weight excluding hydrogens is 178 g/mol. The lowest BCUT2D eigenvalue weighted by molar-refractivity contribution is 0.285. The molecule has 78 valence electrons. The van der Waals surface area contributed by atoms with Crippen molar-refractivity contribution in [1.29, 1.82) is 0 Å². The fraction of sp³-hybridized carbons (Fsp3) is 0.455. The highest BCUT2D eigenvalue weighted by Crippen LogP contribution is 2.24. The van der Waals surface area contributed by atoms with Crippen LogP contribution in [0.25, 0.3) is 0 Å². The van der Waals surface area contributed by atoms with E-state index in [1.54, 1.807) is 6.07 Å². The van der Waals surface area contributed by atoms with Crippen LogP contribution in [0.5, 0.6) is 5.75 Å². The van der Waals surface area contributed by atoms with Crippen molar-refractivity contribution in [3.05, 3.63) is 29.3 Å². The van der Waals surface area contributed by atoms with Gasteiger partial charge >= 0.3 is 0 Å². The van der Waals surface area contributed by atoms with Gasteiger partial charge in [0.1, 0.15) is 5.75 Å². The van der Waals surface area contributed by atoms with Crippen molar-refractivity contribution in [3.63, 3.8) is 0 Å². The van der Waals surface area contributed by atoms with Crippen LogP contribution in [0.4, 0.5) is 0 Å². The lowest BCUT2D eigenvalue weighted by Gasteiger charge is -2.15. The number of phenolic OH excluding ortho intramolecular Hbond substituents is 1. The molecule has 1 aromatic rings. The smallest absolute Gasteiger partial charge is 0.120 e. The van der Waals surface area contributed by atoms with Crippen molar-refractivity contribution >= 4 is 0 Å². The molecule has 3 heteroatoms. The van der Waals surface area contributed by atoms with Crippen LogP contribution < -0.4 is 5.32 Å². The zero-order valence-corrected chi connectivity index (χ0v) is 8.62. The molecule has 0 saturated carbocycles. The van der Waals surface area contributed by atoms with E-state index in [1.165, 1.54) is 0 Å². The molecule has 3 N–H and O–H groups in total. The maximum absolute atomic E-state index is 9.60. The van der Waals surface area contributed by atoms with Gasteiger partial charge in [-0.3, -0.25) is 0 Å². The zero-order chi connectivity index (χ0) is 10.6. The summed E-state index contributed by atoms with van der Waals surface area (Å²) in [6.45, 7) is 4.59. The Hall–Kier alpha value is -1.06. The standard InChI is InChI=1S/C11H17NO2/c1-8-3-4-11(14)10(7-8)9(2)12-5-6-13/h3-4,7,9,12-14H,5-6H2,1-2H3. The molecule has 0 heterocycles. The highest BCUT2D eigenvalue weighted by molar-refractivity contribution is 5.37. The maximum atomic E-state index is 9.60. The summed E-state index contributed by atoms with van der Waals surface area (Å²) in [6.07, 6.45) is 0. The minimum absolute atomic E-state index is 0.0575. The van der Waals surface area contributed by atoms with Crippen molar-refractivity contribution in [1.82, 2.24) is 5.32 Å². The molecule has 0 aliphatic carbocycles. The van der Waals surface area contributed by atoms with Gasteiger partial charge < -0.3 is 15.5 Å². The number of aromatic hydroxyl groups is 1. The van der Waals surface area contributed by atoms with Crippen molar-refractivity contribution in [3.8, 4) is 5.75 Å². The minimum atomic E-state index is 0.0575. The molecule has 0 saturated heterocycles. The summed E-state index contributed by atoms with van der Waals surface area (Å²) in [6, 6.07) is 5.58. The third-order valence-corrected chi connectivity index (χ3v) is 2.21. The largest absolute Gasteiger partial charge is 0.508 e. The Bertz CT molecular complexity index is 299. The Morgan fingerprint density at radius 3 is 2.79 bits per heavy atom. The van der Waals surface area contributed by atoms with Crippen LogP contribution in [0.3, 0.4) is 0 Å². The number of nitrogens with one attached hydrogen (secondary N) is 1. The lowest BCUT2D eigenvalue weighted by Crippen LogP contribution is -2.22. The van der Waals surface area contributed by atoms with Crippen LogP contribution >= 0.6 is 0 Å². The van der Waals surface area contributed by atoms with Gasteiger partial charge in [-0.25, -0.2) is 0 Å².